The number of H-pyrrole nitrogens is 1. The number of carbonyl (C=O) groups excluding carboxylic acids is 4. The molecule has 1 aromatic heterocycles. The van der Waals surface area contributed by atoms with Crippen LogP contribution in [0.5, 0.6) is 5.75 Å². The third-order valence-corrected chi connectivity index (χ3v) is 9.03. The van der Waals surface area contributed by atoms with E-state index in [9.17, 15) is 19.2 Å². The second-order valence-corrected chi connectivity index (χ2v) is 11.6. The summed E-state index contributed by atoms with van der Waals surface area (Å²) in [5.74, 6) is 0.334. The average molecular weight is 508 g/mol. The van der Waals surface area contributed by atoms with E-state index in [-0.39, 0.29) is 53.0 Å². The van der Waals surface area contributed by atoms with Crippen LogP contribution in [0.4, 0.5) is 0 Å². The summed E-state index contributed by atoms with van der Waals surface area (Å²) >= 11 is 0. The summed E-state index contributed by atoms with van der Waals surface area (Å²) in [6.07, 6.45) is 3.62. The third-order valence-electron chi connectivity index (χ3n) is 9.03. The fraction of sp³-hybridized carbons (Fsp3) is 0.586. The van der Waals surface area contributed by atoms with E-state index >= 15 is 0 Å². The van der Waals surface area contributed by atoms with E-state index in [2.05, 4.69) is 24.1 Å². The highest BCUT2D eigenvalue weighted by Gasteiger charge is 2.60. The fourth-order valence-electron chi connectivity index (χ4n) is 6.91. The standard InChI is InChI=1S/C29H37N3O5/c1-5-23(33)21(12-16-8-6-10-24(16)34)31-27(35)26-18-14-29(2,3)19(18)15-32(26)28(36)22-13-17-20(30-22)9-7-11-25(17)37-4/h7,9,11,13,16,18-19,21,26,30H,5-6,8,10,12,14-15H2,1-4H3,(H,31,35)/t16-,18-,19-,21-,26-/m0/s1. The molecule has 2 N–H and O–H groups in total. The SMILES string of the molecule is CCC(=O)[C@H](C[C@@H]1CCCC1=O)NC(=O)[C@@H]1[C@H]2CC(C)(C)[C@H]2CN1C(=O)c1cc2c(OC)cccc2[nH]1. The van der Waals surface area contributed by atoms with Gasteiger partial charge in [0, 0.05) is 36.2 Å². The van der Waals surface area contributed by atoms with Crippen LogP contribution >= 0.6 is 0 Å². The first-order valence-electron chi connectivity index (χ1n) is 13.5. The van der Waals surface area contributed by atoms with Crippen molar-refractivity contribution in [3.8, 4) is 5.75 Å². The minimum absolute atomic E-state index is 0.0385. The minimum atomic E-state index is -0.703. The number of nitrogens with one attached hydrogen (secondary N) is 2. The molecule has 2 saturated carbocycles. The van der Waals surface area contributed by atoms with Crippen molar-refractivity contribution in [1.82, 2.24) is 15.2 Å². The molecule has 5 atom stereocenters. The Morgan fingerprint density at radius 1 is 1.27 bits per heavy atom. The van der Waals surface area contributed by atoms with Crippen LogP contribution in [0.3, 0.4) is 0 Å². The van der Waals surface area contributed by atoms with Crippen molar-refractivity contribution in [3.63, 3.8) is 0 Å². The van der Waals surface area contributed by atoms with Gasteiger partial charge in [0.2, 0.25) is 5.91 Å². The van der Waals surface area contributed by atoms with Crippen LogP contribution in [-0.4, -0.2) is 59.0 Å². The number of ether oxygens (including phenoxy) is 1. The van der Waals surface area contributed by atoms with Gasteiger partial charge in [0.15, 0.2) is 5.78 Å². The monoisotopic (exact) mass is 507 g/mol. The highest BCUT2D eigenvalue weighted by Crippen LogP contribution is 2.57. The second-order valence-electron chi connectivity index (χ2n) is 11.6. The lowest BCUT2D eigenvalue weighted by Crippen LogP contribution is -2.55. The van der Waals surface area contributed by atoms with Crippen LogP contribution in [-0.2, 0) is 14.4 Å². The Bertz CT molecular complexity index is 1250. The van der Waals surface area contributed by atoms with E-state index in [1.54, 1.807) is 25.0 Å². The molecule has 0 radical (unpaired) electrons. The Labute approximate surface area is 217 Å². The van der Waals surface area contributed by atoms with Crippen molar-refractivity contribution in [2.45, 2.75) is 71.4 Å². The summed E-state index contributed by atoms with van der Waals surface area (Å²) in [6, 6.07) is 6.03. The Kier molecular flexibility index (Phi) is 6.62. The predicted octanol–water partition coefficient (Wildman–Crippen LogP) is 3.89. The molecule has 0 spiro atoms. The lowest BCUT2D eigenvalue weighted by atomic mass is 9.55. The molecule has 0 unspecified atom stereocenters. The number of methoxy groups -OCH3 is 1. The van der Waals surface area contributed by atoms with E-state index in [1.165, 1.54) is 0 Å². The molecule has 2 heterocycles. The minimum Gasteiger partial charge on any atom is -0.496 e. The Balaban J connectivity index is 1.41. The van der Waals surface area contributed by atoms with Crippen LogP contribution < -0.4 is 10.1 Å². The number of aromatic amines is 1. The van der Waals surface area contributed by atoms with Gasteiger partial charge in [0.25, 0.3) is 5.91 Å². The maximum Gasteiger partial charge on any atom is 0.271 e. The Hall–Kier alpha value is -3.16. The van der Waals surface area contributed by atoms with Gasteiger partial charge in [-0.25, -0.2) is 0 Å². The highest BCUT2D eigenvalue weighted by atomic mass is 16.5. The number of hydrogen-bond acceptors (Lipinski definition) is 5. The zero-order valence-corrected chi connectivity index (χ0v) is 22.1. The molecule has 8 nitrogen and oxygen atoms in total. The van der Waals surface area contributed by atoms with Gasteiger partial charge < -0.3 is 19.9 Å². The van der Waals surface area contributed by atoms with E-state index in [0.29, 0.717) is 30.8 Å². The van der Waals surface area contributed by atoms with Gasteiger partial charge in [-0.3, -0.25) is 19.2 Å². The molecule has 1 aliphatic heterocycles. The number of aromatic nitrogens is 1. The van der Waals surface area contributed by atoms with Gasteiger partial charge in [-0.2, -0.15) is 0 Å². The van der Waals surface area contributed by atoms with E-state index in [4.69, 9.17) is 4.74 Å². The van der Waals surface area contributed by atoms with Crippen LogP contribution in [0.15, 0.2) is 24.3 Å². The summed E-state index contributed by atoms with van der Waals surface area (Å²) in [4.78, 5) is 57.5. The maximum absolute atomic E-state index is 13.8. The Morgan fingerprint density at radius 3 is 2.70 bits per heavy atom. The van der Waals surface area contributed by atoms with Crippen molar-refractivity contribution in [3.05, 3.63) is 30.0 Å². The molecule has 2 aliphatic carbocycles. The number of hydrogen-bond donors (Lipinski definition) is 2. The number of amides is 2. The molecule has 3 fully saturated rings. The fourth-order valence-corrected chi connectivity index (χ4v) is 6.91. The molecule has 198 valence electrons. The molecule has 2 aromatic rings. The molecular weight excluding hydrogens is 470 g/mol. The average Bonchev–Trinajstić information content (AvgIpc) is 3.58. The van der Waals surface area contributed by atoms with Gasteiger partial charge in [-0.15, -0.1) is 0 Å². The number of likely N-dealkylation sites (tertiary alicyclic amines) is 1. The molecule has 3 aliphatic rings. The van der Waals surface area contributed by atoms with Gasteiger partial charge in [-0.05, 0) is 61.1 Å². The van der Waals surface area contributed by atoms with Crippen LogP contribution in [0.25, 0.3) is 10.9 Å². The van der Waals surface area contributed by atoms with Crippen molar-refractivity contribution < 1.29 is 23.9 Å². The lowest BCUT2D eigenvalue weighted by Gasteiger charge is -2.48. The van der Waals surface area contributed by atoms with Crippen molar-refractivity contribution in [2.24, 2.45) is 23.2 Å². The molecular formula is C29H37N3O5. The number of ketones is 2. The Morgan fingerprint density at radius 2 is 2.05 bits per heavy atom. The summed E-state index contributed by atoms with van der Waals surface area (Å²) < 4.78 is 5.45. The van der Waals surface area contributed by atoms with Crippen molar-refractivity contribution in [2.75, 3.05) is 13.7 Å². The zero-order chi connectivity index (χ0) is 26.5. The van der Waals surface area contributed by atoms with Gasteiger partial charge in [0.1, 0.15) is 23.3 Å². The molecule has 1 saturated heterocycles. The molecule has 8 heteroatoms. The topological polar surface area (TPSA) is 109 Å². The highest BCUT2D eigenvalue weighted by molar-refractivity contribution is 6.02. The molecule has 2 amide bonds. The number of fused-ring (bicyclic) bond motifs is 2. The number of nitrogens with zero attached hydrogens (tertiary/aromatic N) is 1. The first-order chi connectivity index (χ1) is 17.6. The molecule has 5 rings (SSSR count). The summed E-state index contributed by atoms with van der Waals surface area (Å²) in [5.41, 5.74) is 1.24. The van der Waals surface area contributed by atoms with Crippen LogP contribution in [0.1, 0.15) is 69.8 Å². The van der Waals surface area contributed by atoms with Crippen molar-refractivity contribution >= 4 is 34.3 Å². The van der Waals surface area contributed by atoms with Gasteiger partial charge in [0.05, 0.1) is 13.2 Å². The quantitative estimate of drug-likeness (QED) is 0.564. The summed E-state index contributed by atoms with van der Waals surface area (Å²) in [7, 11) is 1.59. The summed E-state index contributed by atoms with van der Waals surface area (Å²) in [6.45, 7) is 6.63. The zero-order valence-electron chi connectivity index (χ0n) is 22.1. The first kappa shape index (κ1) is 25.5. The normalized spacial score (nSPS) is 27.0. The molecule has 37 heavy (non-hydrogen) atoms. The van der Waals surface area contributed by atoms with Gasteiger partial charge >= 0.3 is 0 Å². The second kappa shape index (κ2) is 9.62. The number of carbonyl (C=O) groups is 4. The number of benzene rings is 1. The van der Waals surface area contributed by atoms with Gasteiger partial charge in [-0.1, -0.05) is 26.8 Å². The lowest BCUT2D eigenvalue weighted by molar-refractivity contribution is -0.133. The molecule has 0 bridgehead atoms. The maximum atomic E-state index is 13.8. The van der Waals surface area contributed by atoms with E-state index in [0.717, 1.165) is 30.2 Å². The molecule has 1 aromatic carbocycles. The largest absolute Gasteiger partial charge is 0.496 e. The smallest absolute Gasteiger partial charge is 0.271 e. The number of rotatable bonds is 8. The van der Waals surface area contributed by atoms with E-state index < -0.39 is 12.1 Å². The van der Waals surface area contributed by atoms with E-state index in [1.807, 2.05) is 18.2 Å². The van der Waals surface area contributed by atoms with Crippen LogP contribution in [0, 0.1) is 23.2 Å². The number of Topliss-reactive ketones (excluding diaryl/α,β-unsaturated/α-hetero) is 2. The summed E-state index contributed by atoms with van der Waals surface area (Å²) in [5, 5.41) is 3.80. The predicted molar refractivity (Wildman–Crippen MR) is 139 cm³/mol. The third kappa shape index (κ3) is 4.44. The first-order valence-corrected chi connectivity index (χ1v) is 13.5. The van der Waals surface area contributed by atoms with Crippen LogP contribution in [0.2, 0.25) is 0 Å². The van der Waals surface area contributed by atoms with Crippen molar-refractivity contribution in [1.29, 1.82) is 0 Å².